The lowest BCUT2D eigenvalue weighted by molar-refractivity contribution is -0.123. The number of aliphatic hydroxyl groups is 2. The molecule has 0 aromatic heterocycles. The second-order valence-corrected chi connectivity index (χ2v) is 16.8. The van der Waals surface area contributed by atoms with Crippen molar-refractivity contribution < 1.29 is 15.0 Å². The number of carbonyl (C=O) groups excluding carboxylic acids is 1. The highest BCUT2D eigenvalue weighted by atomic mass is 16.3. The van der Waals surface area contributed by atoms with Crippen molar-refractivity contribution in [1.29, 1.82) is 0 Å². The number of aliphatic hydroxyl groups excluding tert-OH is 2. The van der Waals surface area contributed by atoms with Crippen molar-refractivity contribution >= 4 is 5.91 Å². The Hall–Kier alpha value is -2.43. The molecule has 0 aliphatic heterocycles. The first kappa shape index (κ1) is 56.6. The third-order valence-corrected chi connectivity index (χ3v) is 11.1. The van der Waals surface area contributed by atoms with Gasteiger partial charge < -0.3 is 15.5 Å². The zero-order chi connectivity index (χ0) is 42.8. The monoisotopic (exact) mass is 820 g/mol. The molecule has 0 heterocycles. The summed E-state index contributed by atoms with van der Waals surface area (Å²) < 4.78 is 0. The number of unbranched alkanes of at least 4 members (excludes halogenated alkanes) is 26. The second-order valence-electron chi connectivity index (χ2n) is 16.8. The van der Waals surface area contributed by atoms with E-state index in [9.17, 15) is 15.0 Å². The number of allylic oxidation sites excluding steroid dienone is 13. The van der Waals surface area contributed by atoms with Crippen molar-refractivity contribution in [2.24, 2.45) is 0 Å². The summed E-state index contributed by atoms with van der Waals surface area (Å²) in [6.45, 7) is 4.19. The van der Waals surface area contributed by atoms with Crippen molar-refractivity contribution in [3.05, 3.63) is 85.1 Å². The lowest BCUT2D eigenvalue weighted by Crippen LogP contribution is -2.45. The molecule has 0 saturated heterocycles. The van der Waals surface area contributed by atoms with E-state index in [0.717, 1.165) is 64.2 Å². The highest BCUT2D eigenvalue weighted by molar-refractivity contribution is 5.76. The molecule has 2 atom stereocenters. The zero-order valence-electron chi connectivity index (χ0n) is 39.0. The standard InChI is InChI=1S/C55H97NO3/c1-3-5-7-9-11-13-15-17-19-21-23-25-27-29-30-32-34-36-38-40-42-44-46-48-50-54(58)53(52-57)56-55(59)51-49-47-45-43-41-39-37-35-33-31-28-26-24-22-20-18-16-14-12-10-8-6-4-2/h6,8,12,14,18,20,24,26,32,34,40,42,48,50,53-54,57-58H,3-5,7,9-11,13,15-17,19,21-23,25,27-31,33,35-39,41,43-47,49,51-52H2,1-2H3,(H,56,59)/b8-6-,14-12-,20-18-,26-24-,34-32+,42-40+,50-48+. The Labute approximate surface area is 367 Å². The predicted molar refractivity (Wildman–Crippen MR) is 262 cm³/mol. The van der Waals surface area contributed by atoms with Crippen LogP contribution in [-0.2, 0) is 4.79 Å². The predicted octanol–water partition coefficient (Wildman–Crippen LogP) is 16.4. The van der Waals surface area contributed by atoms with Gasteiger partial charge in [-0.3, -0.25) is 4.79 Å². The van der Waals surface area contributed by atoms with Gasteiger partial charge in [-0.25, -0.2) is 0 Å². The molecule has 0 spiro atoms. The number of hydrogen-bond donors (Lipinski definition) is 3. The highest BCUT2D eigenvalue weighted by Crippen LogP contribution is 2.15. The van der Waals surface area contributed by atoms with Gasteiger partial charge in [-0.15, -0.1) is 0 Å². The molecule has 1 amide bonds. The van der Waals surface area contributed by atoms with Gasteiger partial charge >= 0.3 is 0 Å². The van der Waals surface area contributed by atoms with Gasteiger partial charge in [0.25, 0.3) is 0 Å². The van der Waals surface area contributed by atoms with Crippen molar-refractivity contribution in [2.75, 3.05) is 6.61 Å². The van der Waals surface area contributed by atoms with Crippen LogP contribution in [0.5, 0.6) is 0 Å². The molecule has 0 radical (unpaired) electrons. The number of nitrogens with one attached hydrogen (secondary N) is 1. The Morgan fingerprint density at radius 2 is 0.763 bits per heavy atom. The minimum absolute atomic E-state index is 0.0849. The van der Waals surface area contributed by atoms with Gasteiger partial charge in [0.15, 0.2) is 0 Å². The molecular weight excluding hydrogens is 723 g/mol. The molecule has 0 bridgehead atoms. The Balaban J connectivity index is 3.63. The summed E-state index contributed by atoms with van der Waals surface area (Å²) in [5, 5.41) is 23.1. The van der Waals surface area contributed by atoms with E-state index in [0.29, 0.717) is 6.42 Å². The van der Waals surface area contributed by atoms with E-state index in [-0.39, 0.29) is 12.5 Å². The SMILES string of the molecule is CC/C=C\C/C=C\C/C=C\C/C=C\CCCCCCCCCCCCC(=O)NC(CO)C(O)/C=C/CC/C=C/CC/C=C/CCCCCCCCCCCCCCCC. The lowest BCUT2D eigenvalue weighted by atomic mass is 10.0. The number of amides is 1. The van der Waals surface area contributed by atoms with Gasteiger partial charge in [0.2, 0.25) is 5.91 Å². The molecule has 0 saturated carbocycles. The Kier molecular flexibility index (Phi) is 47.9. The quantitative estimate of drug-likeness (QED) is 0.0423. The van der Waals surface area contributed by atoms with Crippen LogP contribution in [0.25, 0.3) is 0 Å². The van der Waals surface area contributed by atoms with Gasteiger partial charge in [-0.1, -0.05) is 234 Å². The smallest absolute Gasteiger partial charge is 0.220 e. The van der Waals surface area contributed by atoms with Crippen LogP contribution in [0.3, 0.4) is 0 Å². The van der Waals surface area contributed by atoms with Crippen molar-refractivity contribution in [3.8, 4) is 0 Å². The van der Waals surface area contributed by atoms with Crippen molar-refractivity contribution in [1.82, 2.24) is 5.32 Å². The molecule has 3 N–H and O–H groups in total. The maximum absolute atomic E-state index is 12.4. The van der Waals surface area contributed by atoms with Crippen molar-refractivity contribution in [2.45, 2.75) is 251 Å². The first-order valence-corrected chi connectivity index (χ1v) is 25.3. The zero-order valence-corrected chi connectivity index (χ0v) is 39.0. The van der Waals surface area contributed by atoms with E-state index in [1.165, 1.54) is 154 Å². The molecule has 59 heavy (non-hydrogen) atoms. The van der Waals surface area contributed by atoms with E-state index >= 15 is 0 Å². The maximum Gasteiger partial charge on any atom is 0.220 e. The normalized spacial score (nSPS) is 13.6. The minimum atomic E-state index is -0.877. The topological polar surface area (TPSA) is 69.6 Å². The summed E-state index contributed by atoms with van der Waals surface area (Å²) in [6, 6.07) is -0.653. The van der Waals surface area contributed by atoms with E-state index in [1.54, 1.807) is 6.08 Å². The van der Waals surface area contributed by atoms with Crippen LogP contribution < -0.4 is 5.32 Å². The summed E-state index contributed by atoms with van der Waals surface area (Å²) in [5.41, 5.74) is 0. The van der Waals surface area contributed by atoms with Crippen LogP contribution >= 0.6 is 0 Å². The largest absolute Gasteiger partial charge is 0.394 e. The van der Waals surface area contributed by atoms with Gasteiger partial charge in [0.05, 0.1) is 18.8 Å². The average Bonchev–Trinajstić information content (AvgIpc) is 3.24. The number of rotatable bonds is 45. The highest BCUT2D eigenvalue weighted by Gasteiger charge is 2.17. The molecule has 0 aromatic carbocycles. The first-order valence-electron chi connectivity index (χ1n) is 25.3. The van der Waals surface area contributed by atoms with Gasteiger partial charge in [0, 0.05) is 6.42 Å². The second kappa shape index (κ2) is 49.9. The van der Waals surface area contributed by atoms with E-state index in [4.69, 9.17) is 0 Å². The van der Waals surface area contributed by atoms with E-state index in [1.807, 2.05) is 6.08 Å². The summed E-state index contributed by atoms with van der Waals surface area (Å²) >= 11 is 0. The average molecular weight is 820 g/mol. The van der Waals surface area contributed by atoms with Crippen LogP contribution in [0, 0.1) is 0 Å². The molecule has 340 valence electrons. The summed E-state index contributed by atoms with van der Waals surface area (Å²) in [5.74, 6) is -0.0849. The van der Waals surface area contributed by atoms with Gasteiger partial charge in [-0.05, 0) is 83.5 Å². The molecule has 2 unspecified atom stereocenters. The van der Waals surface area contributed by atoms with E-state index in [2.05, 4.69) is 92.1 Å². The summed E-state index contributed by atoms with van der Waals surface area (Å²) in [4.78, 5) is 12.4. The third kappa shape index (κ3) is 46.5. The van der Waals surface area contributed by atoms with E-state index < -0.39 is 12.1 Å². The lowest BCUT2D eigenvalue weighted by Gasteiger charge is -2.19. The van der Waals surface area contributed by atoms with Gasteiger partial charge in [-0.2, -0.15) is 0 Å². The fraction of sp³-hybridized carbons (Fsp3) is 0.727. The van der Waals surface area contributed by atoms with Crippen LogP contribution in [0.1, 0.15) is 239 Å². The number of carbonyl (C=O) groups is 1. The Morgan fingerprint density at radius 1 is 0.424 bits per heavy atom. The molecule has 0 aliphatic carbocycles. The fourth-order valence-electron chi connectivity index (χ4n) is 7.26. The van der Waals surface area contributed by atoms with Crippen LogP contribution in [0.4, 0.5) is 0 Å². The summed E-state index contributed by atoms with van der Waals surface area (Å²) in [7, 11) is 0. The molecule has 0 aromatic rings. The molecule has 0 rings (SSSR count). The minimum Gasteiger partial charge on any atom is -0.394 e. The number of hydrogen-bond acceptors (Lipinski definition) is 3. The van der Waals surface area contributed by atoms with Crippen LogP contribution in [0.2, 0.25) is 0 Å². The molecule has 4 heteroatoms. The van der Waals surface area contributed by atoms with Crippen LogP contribution in [-0.4, -0.2) is 34.9 Å². The van der Waals surface area contributed by atoms with Crippen LogP contribution in [0.15, 0.2) is 85.1 Å². The summed E-state index contributed by atoms with van der Waals surface area (Å²) in [6.07, 6.45) is 72.9. The fourth-order valence-corrected chi connectivity index (χ4v) is 7.26. The Bertz CT molecular complexity index is 1070. The molecule has 0 aliphatic rings. The van der Waals surface area contributed by atoms with Crippen molar-refractivity contribution in [3.63, 3.8) is 0 Å². The van der Waals surface area contributed by atoms with Gasteiger partial charge in [0.1, 0.15) is 0 Å². The molecule has 4 nitrogen and oxygen atoms in total. The first-order chi connectivity index (χ1) is 29.2. The third-order valence-electron chi connectivity index (χ3n) is 11.1. The molecular formula is C55H97NO3. The Morgan fingerprint density at radius 3 is 1.19 bits per heavy atom. The maximum atomic E-state index is 12.4. The molecule has 0 fully saturated rings.